The molecule has 0 aliphatic rings. The fourth-order valence-electron chi connectivity index (χ4n) is 2.53. The van der Waals surface area contributed by atoms with Crippen LogP contribution in [0.5, 0.6) is 0 Å². The number of amides is 1. The SMILES string of the molecule is CC(C)c1ccc(NC(=O)CC(NS(C)(=O)=O)c2ccc(F)cc2)cc1. The van der Waals surface area contributed by atoms with Gasteiger partial charge in [-0.2, -0.15) is 0 Å². The third-order valence-electron chi connectivity index (χ3n) is 3.88. The third kappa shape index (κ3) is 6.24. The first-order valence-electron chi connectivity index (χ1n) is 8.26. The Bertz CT molecular complexity index is 847. The van der Waals surface area contributed by atoms with Crippen molar-refractivity contribution in [3.05, 3.63) is 65.5 Å². The minimum atomic E-state index is -3.54. The van der Waals surface area contributed by atoms with Crippen LogP contribution in [0, 0.1) is 5.82 Å². The summed E-state index contributed by atoms with van der Waals surface area (Å²) in [6.07, 6.45) is 0.913. The van der Waals surface area contributed by atoms with Crippen molar-refractivity contribution in [1.82, 2.24) is 4.72 Å². The lowest BCUT2D eigenvalue weighted by Crippen LogP contribution is -2.30. The van der Waals surface area contributed by atoms with Gasteiger partial charge in [0.2, 0.25) is 15.9 Å². The lowest BCUT2D eigenvalue weighted by atomic mass is 10.0. The molecule has 2 aromatic rings. The van der Waals surface area contributed by atoms with Crippen LogP contribution in [0.4, 0.5) is 10.1 Å². The molecule has 0 heterocycles. The summed E-state index contributed by atoms with van der Waals surface area (Å²) in [5, 5.41) is 2.76. The number of hydrogen-bond acceptors (Lipinski definition) is 3. The summed E-state index contributed by atoms with van der Waals surface area (Å²) >= 11 is 0. The zero-order valence-electron chi connectivity index (χ0n) is 15.0. The highest BCUT2D eigenvalue weighted by molar-refractivity contribution is 7.88. The van der Waals surface area contributed by atoms with Gasteiger partial charge in [-0.15, -0.1) is 0 Å². The molecule has 2 N–H and O–H groups in total. The number of hydrogen-bond donors (Lipinski definition) is 2. The molecule has 2 rings (SSSR count). The van der Waals surface area contributed by atoms with Crippen molar-refractivity contribution in [3.63, 3.8) is 0 Å². The van der Waals surface area contributed by atoms with Crippen LogP contribution in [0.15, 0.2) is 48.5 Å². The molecule has 1 atom stereocenters. The summed E-state index contributed by atoms with van der Waals surface area (Å²) in [5.74, 6) is -0.379. The lowest BCUT2D eigenvalue weighted by molar-refractivity contribution is -0.116. The van der Waals surface area contributed by atoms with E-state index in [4.69, 9.17) is 0 Å². The molecule has 5 nitrogen and oxygen atoms in total. The average Bonchev–Trinajstić information content (AvgIpc) is 2.54. The standard InChI is InChI=1S/C19H23FN2O3S/c1-13(2)14-6-10-17(11-7-14)21-19(23)12-18(22-26(3,24)25)15-4-8-16(20)9-5-15/h4-11,13,18,22H,12H2,1-3H3,(H,21,23). The minimum Gasteiger partial charge on any atom is -0.326 e. The van der Waals surface area contributed by atoms with Crippen LogP contribution in [0.3, 0.4) is 0 Å². The van der Waals surface area contributed by atoms with Crippen molar-refractivity contribution < 1.29 is 17.6 Å². The predicted molar refractivity (Wildman–Crippen MR) is 101 cm³/mol. The Kier molecular flexibility index (Phi) is 6.50. The molecule has 0 aliphatic heterocycles. The van der Waals surface area contributed by atoms with Gasteiger partial charge in [0.25, 0.3) is 0 Å². The molecular weight excluding hydrogens is 355 g/mol. The topological polar surface area (TPSA) is 75.3 Å². The fourth-order valence-corrected chi connectivity index (χ4v) is 3.27. The van der Waals surface area contributed by atoms with Gasteiger partial charge in [0.1, 0.15) is 5.82 Å². The minimum absolute atomic E-state index is 0.107. The number of sulfonamides is 1. The van der Waals surface area contributed by atoms with Crippen molar-refractivity contribution in [2.24, 2.45) is 0 Å². The van der Waals surface area contributed by atoms with E-state index in [9.17, 15) is 17.6 Å². The normalized spacial score (nSPS) is 12.8. The second kappa shape index (κ2) is 8.42. The van der Waals surface area contributed by atoms with Gasteiger partial charge in [0.05, 0.1) is 12.3 Å². The Morgan fingerprint density at radius 2 is 1.54 bits per heavy atom. The molecule has 0 spiro atoms. The van der Waals surface area contributed by atoms with Gasteiger partial charge >= 0.3 is 0 Å². The first kappa shape index (κ1) is 20.1. The number of carbonyl (C=O) groups excluding carboxylic acids is 1. The van der Waals surface area contributed by atoms with Crippen LogP contribution in [0.25, 0.3) is 0 Å². The van der Waals surface area contributed by atoms with E-state index in [0.717, 1.165) is 11.8 Å². The van der Waals surface area contributed by atoms with Crippen molar-refractivity contribution >= 4 is 21.6 Å². The van der Waals surface area contributed by atoms with Crippen LogP contribution < -0.4 is 10.0 Å². The zero-order chi connectivity index (χ0) is 19.3. The summed E-state index contributed by atoms with van der Waals surface area (Å²) in [5.41, 5.74) is 2.31. The van der Waals surface area contributed by atoms with Gasteiger partial charge in [-0.3, -0.25) is 4.79 Å². The second-order valence-corrected chi connectivity index (χ2v) is 8.30. The Balaban J connectivity index is 2.11. The number of nitrogens with one attached hydrogen (secondary N) is 2. The number of anilines is 1. The fraction of sp³-hybridized carbons (Fsp3) is 0.316. The van der Waals surface area contributed by atoms with E-state index in [1.54, 1.807) is 0 Å². The molecule has 1 amide bonds. The summed E-state index contributed by atoms with van der Waals surface area (Å²) in [4.78, 5) is 12.3. The molecule has 0 saturated carbocycles. The molecular formula is C19H23FN2O3S. The number of halogens is 1. The van der Waals surface area contributed by atoms with E-state index in [1.165, 1.54) is 24.3 Å². The maximum Gasteiger partial charge on any atom is 0.226 e. The highest BCUT2D eigenvalue weighted by Gasteiger charge is 2.20. The number of rotatable bonds is 7. The highest BCUT2D eigenvalue weighted by Crippen LogP contribution is 2.21. The number of carbonyl (C=O) groups is 1. The van der Waals surface area contributed by atoms with Crippen LogP contribution in [0.2, 0.25) is 0 Å². The monoisotopic (exact) mass is 378 g/mol. The van der Waals surface area contributed by atoms with Gasteiger partial charge in [-0.1, -0.05) is 38.1 Å². The largest absolute Gasteiger partial charge is 0.326 e. The molecule has 140 valence electrons. The smallest absolute Gasteiger partial charge is 0.226 e. The summed E-state index contributed by atoms with van der Waals surface area (Å²) in [6.45, 7) is 4.16. The molecule has 0 fully saturated rings. The van der Waals surface area contributed by atoms with Crippen molar-refractivity contribution in [1.29, 1.82) is 0 Å². The van der Waals surface area contributed by atoms with E-state index in [1.807, 2.05) is 24.3 Å². The zero-order valence-corrected chi connectivity index (χ0v) is 15.8. The van der Waals surface area contributed by atoms with Crippen molar-refractivity contribution in [2.45, 2.75) is 32.2 Å². The van der Waals surface area contributed by atoms with Gasteiger partial charge < -0.3 is 5.32 Å². The highest BCUT2D eigenvalue weighted by atomic mass is 32.2. The Hall–Kier alpha value is -2.25. The van der Waals surface area contributed by atoms with E-state index < -0.39 is 21.9 Å². The average molecular weight is 378 g/mol. The molecule has 0 saturated heterocycles. The second-order valence-electron chi connectivity index (χ2n) is 6.52. The predicted octanol–water partition coefficient (Wildman–Crippen LogP) is 3.57. The first-order chi connectivity index (χ1) is 12.1. The van der Waals surface area contributed by atoms with Gasteiger partial charge in [-0.05, 0) is 41.3 Å². The van der Waals surface area contributed by atoms with E-state index in [0.29, 0.717) is 17.2 Å². The van der Waals surface area contributed by atoms with Crippen molar-refractivity contribution in [2.75, 3.05) is 11.6 Å². The van der Waals surface area contributed by atoms with E-state index in [-0.39, 0.29) is 12.3 Å². The van der Waals surface area contributed by atoms with E-state index in [2.05, 4.69) is 23.9 Å². The van der Waals surface area contributed by atoms with Gasteiger partial charge in [0.15, 0.2) is 0 Å². The van der Waals surface area contributed by atoms with Crippen LogP contribution >= 0.6 is 0 Å². The molecule has 0 aliphatic carbocycles. The molecule has 0 radical (unpaired) electrons. The molecule has 0 bridgehead atoms. The number of benzene rings is 2. The molecule has 1 unspecified atom stereocenters. The van der Waals surface area contributed by atoms with Crippen LogP contribution in [-0.4, -0.2) is 20.6 Å². The summed E-state index contributed by atoms with van der Waals surface area (Å²) in [6, 6.07) is 12.1. The molecule has 7 heteroatoms. The molecule has 2 aromatic carbocycles. The Morgan fingerprint density at radius 1 is 1.00 bits per heavy atom. The third-order valence-corrected chi connectivity index (χ3v) is 4.59. The van der Waals surface area contributed by atoms with Crippen LogP contribution in [-0.2, 0) is 14.8 Å². The van der Waals surface area contributed by atoms with Crippen LogP contribution in [0.1, 0.15) is 43.4 Å². The Labute approximate surface area is 153 Å². The summed E-state index contributed by atoms with van der Waals surface area (Å²) < 4.78 is 38.7. The molecule has 0 aromatic heterocycles. The van der Waals surface area contributed by atoms with Crippen molar-refractivity contribution in [3.8, 4) is 0 Å². The maximum atomic E-state index is 13.1. The Morgan fingerprint density at radius 3 is 2.04 bits per heavy atom. The summed E-state index contributed by atoms with van der Waals surface area (Å²) in [7, 11) is -3.54. The van der Waals surface area contributed by atoms with E-state index >= 15 is 0 Å². The lowest BCUT2D eigenvalue weighted by Gasteiger charge is -2.18. The maximum absolute atomic E-state index is 13.1. The van der Waals surface area contributed by atoms with Gasteiger partial charge in [-0.25, -0.2) is 17.5 Å². The first-order valence-corrected chi connectivity index (χ1v) is 10.2. The molecule has 26 heavy (non-hydrogen) atoms. The van der Waals surface area contributed by atoms with Gasteiger partial charge in [0, 0.05) is 12.1 Å². The quantitative estimate of drug-likeness (QED) is 0.773.